The van der Waals surface area contributed by atoms with Crippen LogP contribution in [-0.2, 0) is 10.0 Å². The number of amides is 1. The van der Waals surface area contributed by atoms with E-state index in [2.05, 4.69) is 9.82 Å². The summed E-state index contributed by atoms with van der Waals surface area (Å²) in [5, 5.41) is 4.04. The van der Waals surface area contributed by atoms with Crippen LogP contribution in [0.2, 0.25) is 0 Å². The van der Waals surface area contributed by atoms with Gasteiger partial charge in [0.05, 0.1) is 23.0 Å². The van der Waals surface area contributed by atoms with Gasteiger partial charge in [-0.15, -0.1) is 0 Å². The fourth-order valence-electron chi connectivity index (χ4n) is 4.18. The van der Waals surface area contributed by atoms with Crippen molar-refractivity contribution in [3.05, 3.63) is 71.6 Å². The lowest BCUT2D eigenvalue weighted by Crippen LogP contribution is -2.42. The Kier molecular flexibility index (Phi) is 5.76. The molecule has 1 aromatic carbocycles. The Bertz CT molecular complexity index is 1230. The van der Waals surface area contributed by atoms with Crippen molar-refractivity contribution in [3.8, 4) is 0 Å². The van der Waals surface area contributed by atoms with Crippen molar-refractivity contribution in [2.24, 2.45) is 0 Å². The molecule has 1 aliphatic heterocycles. The molecule has 4 rings (SSSR count). The average Bonchev–Trinajstić information content (AvgIpc) is 3.36. The Hall–Kier alpha value is -2.85. The number of carbonyl (C=O) groups is 1. The Morgan fingerprint density at radius 3 is 2.90 bits per heavy atom. The summed E-state index contributed by atoms with van der Waals surface area (Å²) in [4.78, 5) is 14.4. The number of pyridine rings is 1. The van der Waals surface area contributed by atoms with E-state index in [0.29, 0.717) is 18.5 Å². The number of carbonyl (C=O) groups excluding carboxylic acids is 1. The number of benzene rings is 1. The average molecular weight is 448 g/mol. The number of hydrogen-bond acceptors (Lipinski definition) is 5. The maximum atomic E-state index is 14.3. The molecule has 31 heavy (non-hydrogen) atoms. The molecule has 0 saturated carbocycles. The number of likely N-dealkylation sites (tertiary alicyclic amines) is 1. The second-order valence-corrected chi connectivity index (χ2v) is 9.48. The van der Waals surface area contributed by atoms with E-state index < -0.39 is 39.6 Å². The number of nitrogens with zero attached hydrogens (tertiary/aromatic N) is 3. The minimum atomic E-state index is -3.98. The molecule has 0 unspecified atom stereocenters. The molecule has 10 heteroatoms. The summed E-state index contributed by atoms with van der Waals surface area (Å²) in [5.74, 6) is -2.17. The fourth-order valence-corrected chi connectivity index (χ4v) is 5.48. The van der Waals surface area contributed by atoms with Gasteiger partial charge in [0.15, 0.2) is 0 Å². The lowest BCUT2D eigenvalue weighted by Gasteiger charge is -2.31. The SMILES string of the molecule is C[C@H](CS(=O)(=O)NC(=O)c1cnn2ccccc12)N1CCC[C@@H]1c1cc(F)ccc1F. The summed E-state index contributed by atoms with van der Waals surface area (Å²) in [6, 6.07) is 7.50. The lowest BCUT2D eigenvalue weighted by atomic mass is 10.0. The van der Waals surface area contributed by atoms with Gasteiger partial charge in [-0.25, -0.2) is 26.4 Å². The Labute approximate surface area is 178 Å². The number of hydrogen-bond donors (Lipinski definition) is 1. The maximum absolute atomic E-state index is 14.3. The zero-order chi connectivity index (χ0) is 22.2. The van der Waals surface area contributed by atoms with Crippen molar-refractivity contribution < 1.29 is 22.0 Å². The number of aromatic nitrogens is 2. The fraction of sp³-hybridized carbons (Fsp3) is 0.333. The third kappa shape index (κ3) is 4.45. The van der Waals surface area contributed by atoms with Crippen LogP contribution in [0.25, 0.3) is 5.52 Å². The molecular formula is C21H22F2N4O3S. The van der Waals surface area contributed by atoms with Gasteiger partial charge in [-0.1, -0.05) is 6.07 Å². The molecule has 1 amide bonds. The molecule has 0 radical (unpaired) electrons. The molecule has 1 aliphatic rings. The van der Waals surface area contributed by atoms with Crippen molar-refractivity contribution in [2.75, 3.05) is 12.3 Å². The van der Waals surface area contributed by atoms with E-state index in [9.17, 15) is 22.0 Å². The van der Waals surface area contributed by atoms with Crippen molar-refractivity contribution in [3.63, 3.8) is 0 Å². The summed E-state index contributed by atoms with van der Waals surface area (Å²) >= 11 is 0. The molecule has 1 saturated heterocycles. The third-order valence-corrected chi connectivity index (χ3v) is 6.97. The summed E-state index contributed by atoms with van der Waals surface area (Å²) in [5.41, 5.74) is 0.860. The normalized spacial score (nSPS) is 18.4. The minimum Gasteiger partial charge on any atom is -0.292 e. The minimum absolute atomic E-state index is 0.151. The second-order valence-electron chi connectivity index (χ2n) is 7.71. The highest BCUT2D eigenvalue weighted by molar-refractivity contribution is 7.90. The highest BCUT2D eigenvalue weighted by atomic mass is 32.2. The predicted molar refractivity (Wildman–Crippen MR) is 111 cm³/mol. The van der Waals surface area contributed by atoms with E-state index in [1.165, 1.54) is 10.7 Å². The molecule has 164 valence electrons. The smallest absolute Gasteiger partial charge is 0.268 e. The summed E-state index contributed by atoms with van der Waals surface area (Å²) in [7, 11) is -3.98. The van der Waals surface area contributed by atoms with E-state index in [4.69, 9.17) is 0 Å². The van der Waals surface area contributed by atoms with Gasteiger partial charge in [0.2, 0.25) is 10.0 Å². The maximum Gasteiger partial charge on any atom is 0.268 e. The van der Waals surface area contributed by atoms with Crippen molar-refractivity contribution in [1.29, 1.82) is 0 Å². The van der Waals surface area contributed by atoms with Crippen LogP contribution in [0.4, 0.5) is 8.78 Å². The van der Waals surface area contributed by atoms with Crippen LogP contribution in [0, 0.1) is 11.6 Å². The van der Waals surface area contributed by atoms with E-state index in [0.717, 1.165) is 24.6 Å². The lowest BCUT2D eigenvalue weighted by molar-refractivity contribution is 0.0982. The third-order valence-electron chi connectivity index (χ3n) is 5.56. The number of rotatable bonds is 6. The van der Waals surface area contributed by atoms with E-state index >= 15 is 0 Å². The molecule has 3 heterocycles. The van der Waals surface area contributed by atoms with Gasteiger partial charge < -0.3 is 0 Å². The van der Waals surface area contributed by atoms with Crippen LogP contribution in [0.15, 0.2) is 48.8 Å². The standard InChI is InChI=1S/C21H22F2N4O3S/c1-14(26-9-4-6-19(26)16-11-15(22)7-8-18(16)23)13-31(29,30)25-21(28)17-12-24-27-10-3-2-5-20(17)27/h2-3,5,7-8,10-12,14,19H,4,6,9,13H2,1H3,(H,25,28)/t14-,19-/m1/s1. The monoisotopic (exact) mass is 448 g/mol. The molecule has 2 aromatic heterocycles. The molecule has 1 fully saturated rings. The number of fused-ring (bicyclic) bond motifs is 1. The highest BCUT2D eigenvalue weighted by Gasteiger charge is 2.34. The molecule has 3 aromatic rings. The Morgan fingerprint density at radius 2 is 2.10 bits per heavy atom. The first-order valence-electron chi connectivity index (χ1n) is 9.93. The van der Waals surface area contributed by atoms with Gasteiger partial charge in [-0.2, -0.15) is 5.10 Å². The molecular weight excluding hydrogens is 426 g/mol. The van der Waals surface area contributed by atoms with Crippen molar-refractivity contribution in [1.82, 2.24) is 19.2 Å². The zero-order valence-electron chi connectivity index (χ0n) is 16.8. The van der Waals surface area contributed by atoms with E-state index in [1.54, 1.807) is 31.3 Å². The predicted octanol–water partition coefficient (Wildman–Crippen LogP) is 2.90. The largest absolute Gasteiger partial charge is 0.292 e. The molecule has 1 N–H and O–H groups in total. The first-order chi connectivity index (χ1) is 14.7. The van der Waals surface area contributed by atoms with Crippen molar-refractivity contribution >= 4 is 21.4 Å². The summed E-state index contributed by atoms with van der Waals surface area (Å²) in [6.45, 7) is 2.26. The van der Waals surface area contributed by atoms with Crippen LogP contribution >= 0.6 is 0 Å². The second kappa shape index (κ2) is 8.35. The van der Waals surface area contributed by atoms with Gasteiger partial charge in [-0.05, 0) is 56.6 Å². The van der Waals surface area contributed by atoms with E-state index in [1.807, 2.05) is 4.90 Å². The summed E-state index contributed by atoms with van der Waals surface area (Å²) < 4.78 is 56.9. The highest BCUT2D eigenvalue weighted by Crippen LogP contribution is 2.35. The zero-order valence-corrected chi connectivity index (χ0v) is 17.6. The summed E-state index contributed by atoms with van der Waals surface area (Å²) in [6.07, 6.45) is 4.30. The van der Waals surface area contributed by atoms with Crippen molar-refractivity contribution in [2.45, 2.75) is 31.8 Å². The van der Waals surface area contributed by atoms with Crippen LogP contribution in [0.1, 0.15) is 41.7 Å². The van der Waals surface area contributed by atoms with Crippen LogP contribution < -0.4 is 4.72 Å². The van der Waals surface area contributed by atoms with Crippen LogP contribution in [0.5, 0.6) is 0 Å². The van der Waals surface area contributed by atoms with Gasteiger partial charge in [0.25, 0.3) is 5.91 Å². The van der Waals surface area contributed by atoms with Gasteiger partial charge in [-0.3, -0.25) is 9.69 Å². The molecule has 2 atom stereocenters. The molecule has 0 spiro atoms. The molecule has 0 aliphatic carbocycles. The topological polar surface area (TPSA) is 83.8 Å². The van der Waals surface area contributed by atoms with Gasteiger partial charge in [0, 0.05) is 23.8 Å². The number of halogens is 2. The van der Waals surface area contributed by atoms with Crippen LogP contribution in [-0.4, -0.2) is 47.2 Å². The molecule has 7 nitrogen and oxygen atoms in total. The first-order valence-corrected chi connectivity index (χ1v) is 11.6. The van der Waals surface area contributed by atoms with Gasteiger partial charge >= 0.3 is 0 Å². The van der Waals surface area contributed by atoms with Crippen LogP contribution in [0.3, 0.4) is 0 Å². The quantitative estimate of drug-likeness (QED) is 0.627. The molecule has 0 bridgehead atoms. The first kappa shape index (κ1) is 21.4. The number of nitrogens with one attached hydrogen (secondary N) is 1. The number of sulfonamides is 1. The van der Waals surface area contributed by atoms with Gasteiger partial charge in [0.1, 0.15) is 11.6 Å². The Morgan fingerprint density at radius 1 is 1.29 bits per heavy atom. The Balaban J connectivity index is 1.48. The van der Waals surface area contributed by atoms with E-state index in [-0.39, 0.29) is 16.9 Å².